The highest BCUT2D eigenvalue weighted by atomic mass is 35.5. The molecule has 1 aliphatic heterocycles. The van der Waals surface area contributed by atoms with Crippen molar-refractivity contribution in [3.63, 3.8) is 0 Å². The van der Waals surface area contributed by atoms with Gasteiger partial charge in [0.1, 0.15) is 17.3 Å². The number of halogens is 2. The lowest BCUT2D eigenvalue weighted by atomic mass is 10.0. The molecule has 8 heteroatoms. The number of nitrogens with zero attached hydrogens (tertiary/aromatic N) is 3. The molecule has 2 heterocycles. The van der Waals surface area contributed by atoms with Crippen molar-refractivity contribution in [2.45, 2.75) is 19.4 Å². The van der Waals surface area contributed by atoms with Crippen LogP contribution in [0.2, 0.25) is 10.0 Å². The van der Waals surface area contributed by atoms with Gasteiger partial charge in [0.15, 0.2) is 0 Å². The van der Waals surface area contributed by atoms with Crippen LogP contribution in [0.1, 0.15) is 12.0 Å². The predicted octanol–water partition coefficient (Wildman–Crippen LogP) is 2.54. The van der Waals surface area contributed by atoms with Crippen molar-refractivity contribution in [2.24, 2.45) is 0 Å². The number of hydrogen-bond acceptors (Lipinski definition) is 4. The average Bonchev–Trinajstić information content (AvgIpc) is 2.61. The van der Waals surface area contributed by atoms with Crippen LogP contribution < -0.4 is 15.2 Å². The van der Waals surface area contributed by atoms with Gasteiger partial charge in [0.05, 0.1) is 18.3 Å². The number of fused-ring (bicyclic) bond motifs is 1. The lowest BCUT2D eigenvalue weighted by Crippen LogP contribution is -2.40. The van der Waals surface area contributed by atoms with E-state index in [1.807, 2.05) is 18.2 Å². The smallest absolute Gasteiger partial charge is 0.287 e. The lowest BCUT2D eigenvalue weighted by Gasteiger charge is -2.29. The molecule has 0 radical (unpaired) electrons. The van der Waals surface area contributed by atoms with E-state index >= 15 is 0 Å². The summed E-state index contributed by atoms with van der Waals surface area (Å²) in [6.45, 7) is 0.398. The SMILES string of the molecule is COc1ccc2c(c1)CCCN2C(=O)Cn1ncc(Cl)c(Cl)c1=O. The summed E-state index contributed by atoms with van der Waals surface area (Å²) in [5.41, 5.74) is 1.30. The molecule has 0 bridgehead atoms. The second-order valence-corrected chi connectivity index (χ2v) is 6.20. The van der Waals surface area contributed by atoms with Crippen molar-refractivity contribution < 1.29 is 9.53 Å². The van der Waals surface area contributed by atoms with Gasteiger partial charge in [-0.2, -0.15) is 5.10 Å². The van der Waals surface area contributed by atoms with E-state index in [0.29, 0.717) is 6.54 Å². The van der Waals surface area contributed by atoms with Crippen LogP contribution in [-0.4, -0.2) is 29.3 Å². The monoisotopic (exact) mass is 367 g/mol. The van der Waals surface area contributed by atoms with Crippen LogP contribution in [0.5, 0.6) is 5.75 Å². The Hall–Kier alpha value is -2.05. The van der Waals surface area contributed by atoms with Crippen molar-refractivity contribution in [2.75, 3.05) is 18.6 Å². The molecule has 0 spiro atoms. The molecule has 0 fully saturated rings. The van der Waals surface area contributed by atoms with E-state index in [0.717, 1.165) is 34.5 Å². The topological polar surface area (TPSA) is 64.4 Å². The van der Waals surface area contributed by atoms with Crippen LogP contribution in [0.3, 0.4) is 0 Å². The molecule has 6 nitrogen and oxygen atoms in total. The zero-order chi connectivity index (χ0) is 17.3. The number of carbonyl (C=O) groups excluding carboxylic acids is 1. The molecular weight excluding hydrogens is 353 g/mol. The van der Waals surface area contributed by atoms with E-state index in [1.54, 1.807) is 12.0 Å². The Morgan fingerprint density at radius 2 is 2.17 bits per heavy atom. The number of amides is 1. The summed E-state index contributed by atoms with van der Waals surface area (Å²) >= 11 is 11.6. The van der Waals surface area contributed by atoms with Crippen molar-refractivity contribution in [3.05, 3.63) is 50.4 Å². The van der Waals surface area contributed by atoms with Gasteiger partial charge >= 0.3 is 0 Å². The Labute approximate surface area is 148 Å². The molecule has 1 aliphatic rings. The standard InChI is InChI=1S/C16H15Cl2N3O3/c1-24-11-4-5-13-10(7-11)3-2-6-20(13)14(22)9-21-16(23)15(18)12(17)8-19-21/h4-5,7-8H,2-3,6,9H2,1H3. The van der Waals surface area contributed by atoms with E-state index < -0.39 is 5.56 Å². The van der Waals surface area contributed by atoms with Crippen LogP contribution in [0.25, 0.3) is 0 Å². The highest BCUT2D eigenvalue weighted by molar-refractivity contribution is 6.41. The van der Waals surface area contributed by atoms with E-state index in [9.17, 15) is 9.59 Å². The lowest BCUT2D eigenvalue weighted by molar-refractivity contribution is -0.119. The van der Waals surface area contributed by atoms with Gasteiger partial charge in [-0.15, -0.1) is 0 Å². The van der Waals surface area contributed by atoms with Gasteiger partial charge < -0.3 is 9.64 Å². The van der Waals surface area contributed by atoms with Crippen molar-refractivity contribution >= 4 is 34.8 Å². The minimum absolute atomic E-state index is 0.0702. The molecule has 3 rings (SSSR count). The quantitative estimate of drug-likeness (QED) is 0.835. The average molecular weight is 368 g/mol. The number of hydrogen-bond donors (Lipinski definition) is 0. The Kier molecular flexibility index (Phi) is 4.78. The van der Waals surface area contributed by atoms with Crippen LogP contribution >= 0.6 is 23.2 Å². The highest BCUT2D eigenvalue weighted by Gasteiger charge is 2.24. The highest BCUT2D eigenvalue weighted by Crippen LogP contribution is 2.30. The van der Waals surface area contributed by atoms with Gasteiger partial charge in [-0.3, -0.25) is 9.59 Å². The van der Waals surface area contributed by atoms with Crippen LogP contribution in [0.4, 0.5) is 5.69 Å². The van der Waals surface area contributed by atoms with Gasteiger partial charge in [0, 0.05) is 12.2 Å². The molecule has 0 aliphatic carbocycles. The van der Waals surface area contributed by atoms with Gasteiger partial charge in [-0.1, -0.05) is 23.2 Å². The number of methoxy groups -OCH3 is 1. The molecule has 24 heavy (non-hydrogen) atoms. The molecule has 1 aromatic heterocycles. The van der Waals surface area contributed by atoms with Gasteiger partial charge in [-0.25, -0.2) is 4.68 Å². The second-order valence-electron chi connectivity index (χ2n) is 5.41. The van der Waals surface area contributed by atoms with E-state index in [2.05, 4.69) is 5.10 Å². The zero-order valence-corrected chi connectivity index (χ0v) is 14.5. The van der Waals surface area contributed by atoms with Gasteiger partial charge in [0.25, 0.3) is 5.56 Å². The Morgan fingerprint density at radius 3 is 2.92 bits per heavy atom. The molecule has 1 amide bonds. The fraction of sp³-hybridized carbons (Fsp3) is 0.312. The molecule has 2 aromatic rings. The zero-order valence-electron chi connectivity index (χ0n) is 13.0. The van der Waals surface area contributed by atoms with E-state index in [-0.39, 0.29) is 22.5 Å². The molecule has 126 valence electrons. The number of ether oxygens (including phenoxy) is 1. The van der Waals surface area contributed by atoms with Crippen molar-refractivity contribution in [3.8, 4) is 5.75 Å². The van der Waals surface area contributed by atoms with Gasteiger partial charge in [-0.05, 0) is 36.6 Å². The minimum Gasteiger partial charge on any atom is -0.497 e. The van der Waals surface area contributed by atoms with Gasteiger partial charge in [0.2, 0.25) is 5.91 Å². The van der Waals surface area contributed by atoms with E-state index in [1.165, 1.54) is 6.20 Å². The predicted molar refractivity (Wildman–Crippen MR) is 92.2 cm³/mol. The number of carbonyl (C=O) groups is 1. The van der Waals surface area contributed by atoms with Crippen molar-refractivity contribution in [1.82, 2.24) is 9.78 Å². The summed E-state index contributed by atoms with van der Waals surface area (Å²) in [6, 6.07) is 5.60. The first-order valence-electron chi connectivity index (χ1n) is 7.39. The summed E-state index contributed by atoms with van der Waals surface area (Å²) in [7, 11) is 1.61. The molecule has 0 N–H and O–H groups in total. The summed E-state index contributed by atoms with van der Waals surface area (Å²) in [5, 5.41) is 3.81. The first-order valence-corrected chi connectivity index (χ1v) is 8.15. The molecule has 0 atom stereocenters. The molecule has 0 unspecified atom stereocenters. The fourth-order valence-electron chi connectivity index (χ4n) is 2.73. The fourth-order valence-corrected chi connectivity index (χ4v) is 3.00. The molecular formula is C16H15Cl2N3O3. The summed E-state index contributed by atoms with van der Waals surface area (Å²) < 4.78 is 6.25. The maximum absolute atomic E-state index is 12.7. The molecule has 0 saturated heterocycles. The Bertz CT molecular complexity index is 851. The summed E-state index contributed by atoms with van der Waals surface area (Å²) in [5.74, 6) is 0.527. The number of aromatic nitrogens is 2. The van der Waals surface area contributed by atoms with E-state index in [4.69, 9.17) is 27.9 Å². The normalized spacial score (nSPS) is 13.5. The van der Waals surface area contributed by atoms with Crippen LogP contribution in [0.15, 0.2) is 29.2 Å². The summed E-state index contributed by atoms with van der Waals surface area (Å²) in [4.78, 5) is 26.3. The third-order valence-electron chi connectivity index (χ3n) is 3.93. The third-order valence-corrected chi connectivity index (χ3v) is 4.68. The van der Waals surface area contributed by atoms with Crippen molar-refractivity contribution in [1.29, 1.82) is 0 Å². The summed E-state index contributed by atoms with van der Waals surface area (Å²) in [6.07, 6.45) is 2.98. The largest absolute Gasteiger partial charge is 0.497 e. The van der Waals surface area contributed by atoms with Crippen LogP contribution in [0, 0.1) is 0 Å². The first-order chi connectivity index (χ1) is 11.5. The van der Waals surface area contributed by atoms with Crippen LogP contribution in [-0.2, 0) is 17.8 Å². The Balaban J connectivity index is 1.87. The molecule has 1 aromatic carbocycles. The number of anilines is 1. The number of aryl methyl sites for hydroxylation is 1. The third kappa shape index (κ3) is 3.12. The minimum atomic E-state index is -0.579. The maximum atomic E-state index is 12.7. The first kappa shape index (κ1) is 16.8. The number of rotatable bonds is 3. The second kappa shape index (κ2) is 6.83. The Morgan fingerprint density at radius 1 is 1.38 bits per heavy atom. The maximum Gasteiger partial charge on any atom is 0.287 e. The molecule has 0 saturated carbocycles. The number of benzene rings is 1.